The standard InChI is InChI=1S/C22H16NO.C13H24O2.Ir/c1-13(2)16-11-15-9-10-23-21-18-8-7-14-5-3-4-6-17(14)22(18)24-19(12-16)20(15)21;1-5-10(6-2)12(14)9-13(15)11(7-3)8-4;/h3-7,9-13H,1-2H3;9-11,14H,5-8H2,1-4H3;/q-1;;/b;12-9-;. The van der Waals surface area contributed by atoms with Crippen LogP contribution in [0.4, 0.5) is 0 Å². The first-order valence-corrected chi connectivity index (χ1v) is 14.3. The number of carbonyl (C=O) groups excluding carboxylic acids is 1. The van der Waals surface area contributed by atoms with Crippen molar-refractivity contribution in [3.05, 3.63) is 78.2 Å². The molecule has 5 rings (SSSR count). The minimum absolute atomic E-state index is 0. The number of fused-ring (bicyclic) bond motifs is 4. The molecule has 1 radical (unpaired) electrons. The van der Waals surface area contributed by atoms with Crippen molar-refractivity contribution in [1.82, 2.24) is 4.98 Å². The number of rotatable bonds is 8. The average Bonchev–Trinajstić information content (AvgIpc) is 2.94. The van der Waals surface area contributed by atoms with Crippen LogP contribution < -0.4 is 4.74 Å². The molecule has 0 fully saturated rings. The van der Waals surface area contributed by atoms with Crippen LogP contribution in [0.1, 0.15) is 78.7 Å². The Hall–Kier alpha value is -3.01. The SMILES string of the molecule is CC(C)c1cc2c3c(nccc3c1)-c1[c-]cc3ccccc3c1O2.CCC(CC)C(=O)/C=C(\O)C(CC)CC.[Ir]. The molecule has 40 heavy (non-hydrogen) atoms. The summed E-state index contributed by atoms with van der Waals surface area (Å²) < 4.78 is 6.38. The third-order valence-corrected chi connectivity index (χ3v) is 7.85. The predicted molar refractivity (Wildman–Crippen MR) is 162 cm³/mol. The molecule has 0 atom stereocenters. The normalized spacial score (nSPS) is 12.2. The number of nitrogens with zero attached hydrogens (tertiary/aromatic N) is 1. The number of pyridine rings is 1. The van der Waals surface area contributed by atoms with Crippen LogP contribution >= 0.6 is 0 Å². The maximum atomic E-state index is 11.7. The van der Waals surface area contributed by atoms with E-state index < -0.39 is 0 Å². The van der Waals surface area contributed by atoms with Gasteiger partial charge >= 0.3 is 0 Å². The number of aromatic nitrogens is 1. The second-order valence-electron chi connectivity index (χ2n) is 10.6. The molecule has 2 heterocycles. The molecule has 1 N–H and O–H groups in total. The van der Waals surface area contributed by atoms with Gasteiger partial charge < -0.3 is 14.8 Å². The Balaban J connectivity index is 0.000000243. The number of carbonyl (C=O) groups is 1. The average molecular weight is 715 g/mol. The van der Waals surface area contributed by atoms with Gasteiger partial charge in [-0.3, -0.25) is 4.79 Å². The van der Waals surface area contributed by atoms with E-state index in [0.29, 0.717) is 5.92 Å². The van der Waals surface area contributed by atoms with Crippen LogP contribution in [-0.4, -0.2) is 15.9 Å². The molecule has 0 aliphatic carbocycles. The number of ether oxygens (including phenoxy) is 1. The van der Waals surface area contributed by atoms with Crippen molar-refractivity contribution in [2.24, 2.45) is 11.8 Å². The minimum atomic E-state index is 0. The molecule has 1 aliphatic rings. The van der Waals surface area contributed by atoms with Gasteiger partial charge in [0.1, 0.15) is 5.75 Å². The fraction of sp³-hybridized carbons (Fsp3) is 0.371. The maximum Gasteiger partial charge on any atom is 0.162 e. The van der Waals surface area contributed by atoms with E-state index in [2.05, 4.69) is 55.2 Å². The first-order valence-electron chi connectivity index (χ1n) is 14.3. The van der Waals surface area contributed by atoms with Gasteiger partial charge in [0.05, 0.1) is 11.5 Å². The van der Waals surface area contributed by atoms with E-state index in [4.69, 9.17) is 4.74 Å². The van der Waals surface area contributed by atoms with Crippen molar-refractivity contribution in [1.29, 1.82) is 0 Å². The summed E-state index contributed by atoms with van der Waals surface area (Å²) >= 11 is 0. The van der Waals surface area contributed by atoms with Gasteiger partial charge in [-0.2, -0.15) is 0 Å². The molecule has 1 aromatic heterocycles. The summed E-state index contributed by atoms with van der Waals surface area (Å²) in [7, 11) is 0. The van der Waals surface area contributed by atoms with Crippen LogP contribution in [0.15, 0.2) is 66.6 Å². The van der Waals surface area contributed by atoms with Gasteiger partial charge in [-0.15, -0.1) is 12.1 Å². The van der Waals surface area contributed by atoms with Crippen LogP contribution in [0.3, 0.4) is 0 Å². The fourth-order valence-electron chi connectivity index (χ4n) is 5.26. The Kier molecular flexibility index (Phi) is 11.1. The molecule has 213 valence electrons. The van der Waals surface area contributed by atoms with Gasteiger partial charge in [0.2, 0.25) is 0 Å². The molecule has 0 unspecified atom stereocenters. The van der Waals surface area contributed by atoms with Gasteiger partial charge in [0, 0.05) is 55.3 Å². The minimum Gasteiger partial charge on any atom is -0.512 e. The molecule has 3 aromatic carbocycles. The number of ketones is 1. The predicted octanol–water partition coefficient (Wildman–Crippen LogP) is 9.95. The first kappa shape index (κ1) is 31.5. The van der Waals surface area contributed by atoms with Crippen molar-refractivity contribution in [3.8, 4) is 22.8 Å². The largest absolute Gasteiger partial charge is 0.512 e. The molecule has 1 aliphatic heterocycles. The van der Waals surface area contributed by atoms with Crippen LogP contribution in [0.5, 0.6) is 11.5 Å². The van der Waals surface area contributed by atoms with Gasteiger partial charge in [-0.1, -0.05) is 88.2 Å². The summed E-state index contributed by atoms with van der Waals surface area (Å²) in [4.78, 5) is 16.4. The molecule has 4 nitrogen and oxygen atoms in total. The van der Waals surface area contributed by atoms with E-state index in [-0.39, 0.29) is 43.5 Å². The van der Waals surface area contributed by atoms with E-state index in [1.165, 1.54) is 17.0 Å². The molecule has 0 bridgehead atoms. The van der Waals surface area contributed by atoms with E-state index >= 15 is 0 Å². The molecule has 5 heteroatoms. The smallest absolute Gasteiger partial charge is 0.162 e. The second-order valence-corrected chi connectivity index (χ2v) is 10.6. The topological polar surface area (TPSA) is 59.4 Å². The zero-order valence-corrected chi connectivity index (χ0v) is 26.8. The summed E-state index contributed by atoms with van der Waals surface area (Å²) in [5.41, 5.74) is 3.19. The number of aliphatic hydroxyl groups excluding tert-OH is 1. The Labute approximate surface area is 252 Å². The third kappa shape index (κ3) is 6.48. The van der Waals surface area contributed by atoms with E-state index in [9.17, 15) is 9.90 Å². The van der Waals surface area contributed by atoms with Gasteiger partial charge in [0.25, 0.3) is 0 Å². The number of allylic oxidation sites excluding steroid dienone is 2. The quantitative estimate of drug-likeness (QED) is 0.0988. The van der Waals surface area contributed by atoms with Crippen LogP contribution in [0.2, 0.25) is 0 Å². The monoisotopic (exact) mass is 715 g/mol. The number of benzene rings is 3. The molecular formula is C35H40IrNO3-. The van der Waals surface area contributed by atoms with Gasteiger partial charge in [-0.25, -0.2) is 0 Å². The van der Waals surface area contributed by atoms with E-state index in [1.54, 1.807) is 0 Å². The maximum absolute atomic E-state index is 11.7. The van der Waals surface area contributed by atoms with Crippen molar-refractivity contribution in [3.63, 3.8) is 0 Å². The van der Waals surface area contributed by atoms with Crippen LogP contribution in [0.25, 0.3) is 32.8 Å². The Morgan fingerprint density at radius 1 is 0.975 bits per heavy atom. The van der Waals surface area contributed by atoms with Crippen LogP contribution in [0, 0.1) is 17.9 Å². The third-order valence-electron chi connectivity index (χ3n) is 7.85. The molecule has 0 amide bonds. The van der Waals surface area contributed by atoms with Crippen molar-refractivity contribution < 1.29 is 34.7 Å². The summed E-state index contributed by atoms with van der Waals surface area (Å²) in [6, 6.07) is 20.1. The van der Waals surface area contributed by atoms with E-state index in [0.717, 1.165) is 64.6 Å². The number of hydrogen-bond donors (Lipinski definition) is 1. The Bertz CT molecular complexity index is 1500. The molecule has 0 saturated carbocycles. The molecule has 0 saturated heterocycles. The molecule has 4 aromatic rings. The molecule has 0 spiro atoms. The molecular weight excluding hydrogens is 675 g/mol. The van der Waals surface area contributed by atoms with Crippen molar-refractivity contribution >= 4 is 27.3 Å². The zero-order valence-electron chi connectivity index (χ0n) is 24.4. The summed E-state index contributed by atoms with van der Waals surface area (Å²) in [5, 5.41) is 14.3. The van der Waals surface area contributed by atoms with Gasteiger partial charge in [0.15, 0.2) is 5.78 Å². The fourth-order valence-corrected chi connectivity index (χ4v) is 5.26. The van der Waals surface area contributed by atoms with Crippen molar-refractivity contribution in [2.45, 2.75) is 73.1 Å². The first-order chi connectivity index (χ1) is 18.8. The second kappa shape index (κ2) is 14.1. The number of aliphatic hydroxyl groups is 1. The van der Waals surface area contributed by atoms with Crippen molar-refractivity contribution in [2.75, 3.05) is 0 Å². The van der Waals surface area contributed by atoms with E-state index in [1.807, 2.05) is 52.1 Å². The number of hydrogen-bond acceptors (Lipinski definition) is 4. The summed E-state index contributed by atoms with van der Waals surface area (Å²) in [6.45, 7) is 12.5. The Morgan fingerprint density at radius 2 is 1.65 bits per heavy atom. The van der Waals surface area contributed by atoms with Crippen LogP contribution in [-0.2, 0) is 24.9 Å². The Morgan fingerprint density at radius 3 is 2.30 bits per heavy atom. The zero-order chi connectivity index (χ0) is 28.1. The van der Waals surface area contributed by atoms with Gasteiger partial charge in [-0.05, 0) is 54.7 Å². The summed E-state index contributed by atoms with van der Waals surface area (Å²) in [5.74, 6) is 2.76. The summed E-state index contributed by atoms with van der Waals surface area (Å²) in [6.07, 6.45) is 6.78.